The number of carbonyl (C=O) groups excluding carboxylic acids is 2. The normalized spacial score (nSPS) is 19.0. The Balaban J connectivity index is 2.05. The van der Waals surface area contributed by atoms with Crippen molar-refractivity contribution in [2.45, 2.75) is 26.4 Å². The molecule has 2 aliphatic rings. The first-order valence-corrected chi connectivity index (χ1v) is 13.3. The molecule has 1 saturated heterocycles. The minimum atomic E-state index is -0.486. The highest BCUT2D eigenvalue weighted by Crippen LogP contribution is 2.25. The quantitative estimate of drug-likeness (QED) is 0.126. The first kappa shape index (κ1) is 33.0. The molecule has 0 aromatic rings. The van der Waals surface area contributed by atoms with Crippen LogP contribution in [0.5, 0.6) is 0 Å². The van der Waals surface area contributed by atoms with Crippen molar-refractivity contribution in [3.63, 3.8) is 0 Å². The Morgan fingerprint density at radius 2 is 2.12 bits per heavy atom. The third-order valence-electron chi connectivity index (χ3n) is 5.84. The summed E-state index contributed by atoms with van der Waals surface area (Å²) in [5.41, 5.74) is 7.77. The number of ether oxygens (including phenoxy) is 3. The van der Waals surface area contributed by atoms with Crippen LogP contribution in [0.2, 0.25) is 0 Å². The minimum absolute atomic E-state index is 0.0880. The molecule has 0 aromatic carbocycles. The van der Waals surface area contributed by atoms with Crippen LogP contribution in [0.25, 0.3) is 0 Å². The van der Waals surface area contributed by atoms with Crippen molar-refractivity contribution in [3.05, 3.63) is 95.2 Å². The average Bonchev–Trinajstić information content (AvgIpc) is 3.24. The molecule has 41 heavy (non-hydrogen) atoms. The summed E-state index contributed by atoms with van der Waals surface area (Å²) in [5.74, 6) is -0.542. The number of nitrogens with zero attached hydrogens (tertiary/aromatic N) is 2. The number of allylic oxidation sites excluding steroid dienone is 9. The molecule has 1 unspecified atom stereocenters. The summed E-state index contributed by atoms with van der Waals surface area (Å²) in [7, 11) is 2.95. The summed E-state index contributed by atoms with van der Waals surface area (Å²) >= 11 is 0. The van der Waals surface area contributed by atoms with Gasteiger partial charge >= 0.3 is 6.09 Å². The largest absolute Gasteiger partial charge is 0.481 e. The van der Waals surface area contributed by atoms with Crippen LogP contribution in [0.4, 0.5) is 9.18 Å². The zero-order valence-electron chi connectivity index (χ0n) is 24.1. The lowest BCUT2D eigenvalue weighted by molar-refractivity contribution is -0.116. The molecule has 1 fully saturated rings. The van der Waals surface area contributed by atoms with E-state index in [-0.39, 0.29) is 31.2 Å². The molecule has 10 nitrogen and oxygen atoms in total. The fourth-order valence-corrected chi connectivity index (χ4v) is 3.82. The van der Waals surface area contributed by atoms with Crippen LogP contribution >= 0.6 is 0 Å². The number of nitrogens with two attached hydrogens (primary N) is 1. The summed E-state index contributed by atoms with van der Waals surface area (Å²) in [6.45, 7) is 5.84. The van der Waals surface area contributed by atoms with Crippen molar-refractivity contribution < 1.29 is 28.2 Å². The number of hydrogen-bond donors (Lipinski definition) is 3. The summed E-state index contributed by atoms with van der Waals surface area (Å²) in [6, 6.07) is 0. The van der Waals surface area contributed by atoms with Gasteiger partial charge in [0.2, 0.25) is 11.8 Å². The third kappa shape index (κ3) is 11.1. The summed E-state index contributed by atoms with van der Waals surface area (Å²) < 4.78 is 30.5. The van der Waals surface area contributed by atoms with E-state index < -0.39 is 11.9 Å². The maximum atomic E-state index is 15.1. The molecule has 0 spiro atoms. The lowest BCUT2D eigenvalue weighted by Gasteiger charge is -2.13. The van der Waals surface area contributed by atoms with Crippen LogP contribution in [0.3, 0.4) is 0 Å². The molecule has 1 atom stereocenters. The van der Waals surface area contributed by atoms with Gasteiger partial charge in [-0.2, -0.15) is 0 Å². The van der Waals surface area contributed by atoms with Crippen LogP contribution in [-0.4, -0.2) is 76.0 Å². The van der Waals surface area contributed by atoms with Crippen molar-refractivity contribution in [3.8, 4) is 0 Å². The molecule has 1 aliphatic carbocycles. The van der Waals surface area contributed by atoms with Crippen molar-refractivity contribution in [1.82, 2.24) is 15.5 Å². The highest BCUT2D eigenvalue weighted by Gasteiger charge is 2.32. The summed E-state index contributed by atoms with van der Waals surface area (Å²) in [6.07, 6.45) is 17.4. The Labute approximate surface area is 241 Å². The lowest BCUT2D eigenvalue weighted by atomic mass is 10.1. The van der Waals surface area contributed by atoms with Gasteiger partial charge in [0.05, 0.1) is 19.2 Å². The van der Waals surface area contributed by atoms with Gasteiger partial charge in [0, 0.05) is 38.2 Å². The van der Waals surface area contributed by atoms with E-state index in [9.17, 15) is 9.59 Å². The van der Waals surface area contributed by atoms with Crippen molar-refractivity contribution in [2.75, 3.05) is 47.1 Å². The standard InChI is InChI=1S/C30H40FN5O5/c1-5-9-22(18-34-28(37)15-14-24(17-32)29(40-4)35-21-39-3)10-7-11-23-12-8-13-25(16-27(23)31)36-20-26(19-33-6-2)41-30(36)38/h5,7-11,13-17,26,33H,6,12,18-21,32H2,1-4H3,(H,34,37)/b9-5-,11-7+,15-14+,22-10+,24-17-,35-29+. The smallest absolute Gasteiger partial charge is 0.414 e. The highest BCUT2D eigenvalue weighted by molar-refractivity contribution is 5.98. The number of rotatable bonds is 14. The molecule has 0 aromatic heterocycles. The molecule has 0 saturated carbocycles. The average molecular weight is 570 g/mol. The van der Waals surface area contributed by atoms with E-state index in [0.717, 1.165) is 12.1 Å². The van der Waals surface area contributed by atoms with Crippen molar-refractivity contribution >= 4 is 17.9 Å². The number of halogens is 1. The number of methoxy groups -OCH3 is 2. The predicted octanol–water partition coefficient (Wildman–Crippen LogP) is 3.71. The number of carbonyl (C=O) groups is 2. The lowest BCUT2D eigenvalue weighted by Crippen LogP contribution is -2.30. The Kier molecular flexibility index (Phi) is 14.6. The zero-order chi connectivity index (χ0) is 30.0. The summed E-state index contributed by atoms with van der Waals surface area (Å²) in [5, 5.41) is 5.95. The Bertz CT molecular complexity index is 1190. The van der Waals surface area contributed by atoms with Crippen LogP contribution in [0.15, 0.2) is 100 Å². The number of hydrogen-bond acceptors (Lipinski definition) is 8. The molecule has 1 heterocycles. The van der Waals surface area contributed by atoms with Crippen LogP contribution in [-0.2, 0) is 19.0 Å². The second kappa shape index (κ2) is 18.2. The molecule has 4 N–H and O–H groups in total. The van der Waals surface area contributed by atoms with Crippen LogP contribution in [0, 0.1) is 0 Å². The second-order valence-electron chi connectivity index (χ2n) is 8.83. The highest BCUT2D eigenvalue weighted by atomic mass is 19.1. The maximum absolute atomic E-state index is 15.1. The van der Waals surface area contributed by atoms with E-state index in [2.05, 4.69) is 15.6 Å². The number of amides is 2. The van der Waals surface area contributed by atoms with Crippen molar-refractivity contribution in [1.29, 1.82) is 0 Å². The zero-order valence-corrected chi connectivity index (χ0v) is 24.1. The topological polar surface area (TPSA) is 128 Å². The van der Waals surface area contributed by atoms with Gasteiger partial charge in [0.25, 0.3) is 0 Å². The molecule has 0 radical (unpaired) electrons. The Hall–Kier alpha value is -4.22. The minimum Gasteiger partial charge on any atom is -0.481 e. The number of likely N-dealkylation sites (N-methyl/N-ethyl adjacent to an activating group) is 1. The molecular weight excluding hydrogens is 529 g/mol. The molecule has 2 amide bonds. The Morgan fingerprint density at radius 1 is 1.32 bits per heavy atom. The molecule has 222 valence electrons. The molecule has 0 bridgehead atoms. The maximum Gasteiger partial charge on any atom is 0.414 e. The van der Waals surface area contributed by atoms with Gasteiger partial charge in [-0.05, 0) is 49.3 Å². The van der Waals surface area contributed by atoms with E-state index in [0.29, 0.717) is 36.4 Å². The van der Waals surface area contributed by atoms with Gasteiger partial charge in [0.15, 0.2) is 0 Å². The second-order valence-corrected chi connectivity index (χ2v) is 8.83. The van der Waals surface area contributed by atoms with Gasteiger partial charge in [-0.15, -0.1) is 0 Å². The van der Waals surface area contributed by atoms with Gasteiger partial charge in [-0.1, -0.05) is 43.4 Å². The van der Waals surface area contributed by atoms with Crippen LogP contribution < -0.4 is 16.4 Å². The van der Waals surface area contributed by atoms with Gasteiger partial charge in [-0.3, -0.25) is 9.69 Å². The van der Waals surface area contributed by atoms with E-state index in [4.69, 9.17) is 19.9 Å². The first-order valence-electron chi connectivity index (χ1n) is 13.3. The third-order valence-corrected chi connectivity index (χ3v) is 5.84. The number of cyclic esters (lactones) is 1. The van der Waals surface area contributed by atoms with E-state index >= 15 is 4.39 Å². The van der Waals surface area contributed by atoms with E-state index in [1.165, 1.54) is 43.5 Å². The van der Waals surface area contributed by atoms with Crippen molar-refractivity contribution in [2.24, 2.45) is 10.7 Å². The van der Waals surface area contributed by atoms with Gasteiger partial charge in [0.1, 0.15) is 18.7 Å². The molecule has 1 aliphatic heterocycles. The van der Waals surface area contributed by atoms with Gasteiger partial charge < -0.3 is 30.6 Å². The fourth-order valence-electron chi connectivity index (χ4n) is 3.82. The molecular formula is C30H40FN5O5. The monoisotopic (exact) mass is 569 g/mol. The molecule has 11 heteroatoms. The summed E-state index contributed by atoms with van der Waals surface area (Å²) in [4.78, 5) is 30.2. The molecule has 2 rings (SSSR count). The SMILES string of the molecule is C\C=C/C(=C\C=C\C1=C(F)C=C(N2CC(CNCC)OC2=O)C=CC1)CNC(=O)/C=C/C(=C/N)C(=N\COC)/OC. The number of aliphatic imine (C=N–C) groups is 1. The first-order chi connectivity index (χ1) is 19.9. The van der Waals surface area contributed by atoms with Gasteiger partial charge in [-0.25, -0.2) is 14.2 Å². The predicted molar refractivity (Wildman–Crippen MR) is 158 cm³/mol. The van der Waals surface area contributed by atoms with Crippen LogP contribution in [0.1, 0.15) is 20.3 Å². The van der Waals surface area contributed by atoms with E-state index in [1.54, 1.807) is 24.3 Å². The number of nitrogens with one attached hydrogen (secondary N) is 2. The Morgan fingerprint density at radius 3 is 2.80 bits per heavy atom. The fraction of sp³-hybridized carbons (Fsp3) is 0.367. The van der Waals surface area contributed by atoms with E-state index in [1.807, 2.05) is 32.1 Å².